The van der Waals surface area contributed by atoms with Crippen LogP contribution in [0.2, 0.25) is 0 Å². The fourth-order valence-electron chi connectivity index (χ4n) is 4.91. The van der Waals surface area contributed by atoms with E-state index in [2.05, 4.69) is 68.6 Å². The second kappa shape index (κ2) is 12.2. The molecule has 9 nitrogen and oxygen atoms in total. The van der Waals surface area contributed by atoms with Gasteiger partial charge < -0.3 is 29.7 Å². The first kappa shape index (κ1) is 28.4. The van der Waals surface area contributed by atoms with E-state index in [1.165, 1.54) is 0 Å². The van der Waals surface area contributed by atoms with E-state index < -0.39 is 5.60 Å². The van der Waals surface area contributed by atoms with Gasteiger partial charge in [0, 0.05) is 17.7 Å². The van der Waals surface area contributed by atoms with Crippen molar-refractivity contribution >= 4 is 6.09 Å². The Hall–Kier alpha value is -4.11. The molecule has 1 aliphatic heterocycles. The zero-order valence-electron chi connectivity index (χ0n) is 24.6. The molecular formula is C32H40N6O3. The number of H-pyrrole nitrogens is 2. The molecule has 0 bridgehead atoms. The third-order valence-corrected chi connectivity index (χ3v) is 6.84. The Morgan fingerprint density at radius 2 is 1.66 bits per heavy atom. The summed E-state index contributed by atoms with van der Waals surface area (Å²) in [5.74, 6) is 2.51. The third kappa shape index (κ3) is 6.79. The van der Waals surface area contributed by atoms with Gasteiger partial charge in [-0.2, -0.15) is 0 Å². The van der Waals surface area contributed by atoms with Gasteiger partial charge in [0.1, 0.15) is 29.6 Å². The maximum Gasteiger partial charge on any atom is 0.410 e. The summed E-state index contributed by atoms with van der Waals surface area (Å²) in [5.41, 5.74) is 6.75. The summed E-state index contributed by atoms with van der Waals surface area (Å²) in [6.45, 7) is 13.0. The Morgan fingerprint density at radius 3 is 2.37 bits per heavy atom. The minimum absolute atomic E-state index is 0.331. The number of nitrogens with one attached hydrogen (secondary N) is 3. The second-order valence-electron chi connectivity index (χ2n) is 11.4. The molecule has 2 aromatic heterocycles. The van der Waals surface area contributed by atoms with Crippen molar-refractivity contribution in [2.45, 2.75) is 72.8 Å². The Morgan fingerprint density at radius 1 is 0.976 bits per heavy atom. The minimum Gasteiger partial charge on any atom is -0.488 e. The lowest BCUT2D eigenvalue weighted by Gasteiger charge is -2.26. The first-order valence-electron chi connectivity index (χ1n) is 14.4. The van der Waals surface area contributed by atoms with Gasteiger partial charge in [0.25, 0.3) is 0 Å². The molecule has 216 valence electrons. The van der Waals surface area contributed by atoms with Gasteiger partial charge >= 0.3 is 6.09 Å². The van der Waals surface area contributed by atoms with E-state index >= 15 is 0 Å². The highest BCUT2D eigenvalue weighted by Gasteiger charge is 2.23. The molecule has 5 rings (SSSR count). The van der Waals surface area contributed by atoms with Crippen molar-refractivity contribution in [3.05, 3.63) is 66.0 Å². The molecule has 41 heavy (non-hydrogen) atoms. The quantitative estimate of drug-likeness (QED) is 0.188. The molecule has 3 heterocycles. The molecule has 1 aliphatic rings. The number of aromatic amines is 2. The van der Waals surface area contributed by atoms with Crippen LogP contribution in [-0.4, -0.2) is 49.6 Å². The summed E-state index contributed by atoms with van der Waals surface area (Å²) in [5, 5.41) is 3.37. The van der Waals surface area contributed by atoms with Crippen LogP contribution in [0, 0.1) is 0 Å². The van der Waals surface area contributed by atoms with E-state index in [4.69, 9.17) is 9.47 Å². The molecule has 2 aromatic carbocycles. The van der Waals surface area contributed by atoms with Gasteiger partial charge in [0.05, 0.1) is 36.9 Å². The molecule has 4 aromatic rings. The number of imidazole rings is 2. The van der Waals surface area contributed by atoms with E-state index in [9.17, 15) is 4.79 Å². The molecule has 0 saturated carbocycles. The maximum absolute atomic E-state index is 12.7. The summed E-state index contributed by atoms with van der Waals surface area (Å²) in [7, 11) is 0. The van der Waals surface area contributed by atoms with Crippen molar-refractivity contribution in [1.29, 1.82) is 0 Å². The van der Waals surface area contributed by atoms with Crippen molar-refractivity contribution < 1.29 is 14.3 Å². The van der Waals surface area contributed by atoms with Crippen LogP contribution in [0.3, 0.4) is 0 Å². The average Bonchev–Trinajstić information content (AvgIpc) is 3.61. The number of rotatable bonds is 10. The summed E-state index contributed by atoms with van der Waals surface area (Å²) in [6.07, 6.45) is 5.29. The van der Waals surface area contributed by atoms with Crippen molar-refractivity contribution in [2.24, 2.45) is 0 Å². The van der Waals surface area contributed by atoms with Crippen LogP contribution >= 0.6 is 0 Å². The molecule has 0 spiro atoms. The van der Waals surface area contributed by atoms with Gasteiger partial charge in [-0.15, -0.1) is 0 Å². The predicted molar refractivity (Wildman–Crippen MR) is 160 cm³/mol. The van der Waals surface area contributed by atoms with Gasteiger partial charge in [-0.3, -0.25) is 0 Å². The number of carbonyl (C=O) groups is 1. The number of fused-ring (bicyclic) bond motifs is 3. The van der Waals surface area contributed by atoms with Gasteiger partial charge in [-0.25, -0.2) is 14.8 Å². The average molecular weight is 557 g/mol. The number of hydrogen-bond donors (Lipinski definition) is 3. The van der Waals surface area contributed by atoms with Gasteiger partial charge in [0.2, 0.25) is 0 Å². The highest BCUT2D eigenvalue weighted by molar-refractivity contribution is 5.80. The monoisotopic (exact) mass is 556 g/mol. The molecule has 0 aliphatic carbocycles. The molecule has 1 amide bonds. The topological polar surface area (TPSA) is 108 Å². The standard InChI is InChI=1S/C32H40N6O3/c1-6-12-33-18-29-34-16-27(36-29)22-9-11-25-24-10-8-21(14-23(24)20-40-28(25)15-22)26-17-35-30(37-26)19-38(13-7-2)31(39)41-32(3,4)5/h8-11,14-17,33H,6-7,12-13,18-20H2,1-5H3,(H,34,36)(H,35,37). The molecule has 0 saturated heterocycles. The van der Waals surface area contributed by atoms with E-state index in [1.54, 1.807) is 4.90 Å². The van der Waals surface area contributed by atoms with Crippen LogP contribution in [0.1, 0.15) is 64.7 Å². The second-order valence-corrected chi connectivity index (χ2v) is 11.4. The first-order valence-corrected chi connectivity index (χ1v) is 14.4. The zero-order valence-corrected chi connectivity index (χ0v) is 24.6. The molecule has 9 heteroatoms. The highest BCUT2D eigenvalue weighted by atomic mass is 16.6. The van der Waals surface area contributed by atoms with Crippen molar-refractivity contribution in [3.63, 3.8) is 0 Å². The largest absolute Gasteiger partial charge is 0.488 e. The fraction of sp³-hybridized carbons (Fsp3) is 0.406. The molecule has 0 unspecified atom stereocenters. The van der Waals surface area contributed by atoms with Crippen molar-refractivity contribution in [1.82, 2.24) is 30.2 Å². The van der Waals surface area contributed by atoms with E-state index in [0.717, 1.165) is 76.7 Å². The summed E-state index contributed by atoms with van der Waals surface area (Å²) >= 11 is 0. The van der Waals surface area contributed by atoms with Gasteiger partial charge in [-0.05, 0) is 75.0 Å². The van der Waals surface area contributed by atoms with Crippen LogP contribution in [0.5, 0.6) is 5.75 Å². The number of amides is 1. The lowest BCUT2D eigenvalue weighted by molar-refractivity contribution is 0.0229. The molecule has 3 N–H and O–H groups in total. The SMILES string of the molecule is CCCNCc1ncc(-c2ccc3c(c2)OCc2cc(-c4cnc(CN(CCC)C(=O)OC(C)(C)C)[nH]4)ccc2-3)[nH]1. The van der Waals surface area contributed by atoms with Crippen molar-refractivity contribution in [2.75, 3.05) is 13.1 Å². The van der Waals surface area contributed by atoms with E-state index in [0.29, 0.717) is 25.5 Å². The Labute approximate surface area is 241 Å². The summed E-state index contributed by atoms with van der Waals surface area (Å²) in [6, 6.07) is 12.7. The van der Waals surface area contributed by atoms with Crippen LogP contribution in [0.15, 0.2) is 48.8 Å². The Bertz CT molecular complexity index is 1500. The number of carbonyl (C=O) groups excluding carboxylic acids is 1. The van der Waals surface area contributed by atoms with Crippen LogP contribution < -0.4 is 10.1 Å². The van der Waals surface area contributed by atoms with Crippen LogP contribution in [0.4, 0.5) is 4.79 Å². The lowest BCUT2D eigenvalue weighted by Crippen LogP contribution is -2.37. The predicted octanol–water partition coefficient (Wildman–Crippen LogP) is 6.67. The normalized spacial score (nSPS) is 12.4. The van der Waals surface area contributed by atoms with Crippen molar-refractivity contribution in [3.8, 4) is 39.4 Å². The van der Waals surface area contributed by atoms with Crippen LogP contribution in [0.25, 0.3) is 33.6 Å². The summed E-state index contributed by atoms with van der Waals surface area (Å²) < 4.78 is 11.8. The Kier molecular flexibility index (Phi) is 8.44. The van der Waals surface area contributed by atoms with Gasteiger partial charge in [-0.1, -0.05) is 32.0 Å². The number of benzene rings is 2. The smallest absolute Gasteiger partial charge is 0.410 e. The number of nitrogens with zero attached hydrogens (tertiary/aromatic N) is 3. The van der Waals surface area contributed by atoms with Crippen LogP contribution in [-0.2, 0) is 24.4 Å². The fourth-order valence-corrected chi connectivity index (χ4v) is 4.91. The number of ether oxygens (including phenoxy) is 2. The van der Waals surface area contributed by atoms with E-state index in [1.807, 2.05) is 40.1 Å². The van der Waals surface area contributed by atoms with Gasteiger partial charge in [0.15, 0.2) is 0 Å². The number of aromatic nitrogens is 4. The third-order valence-electron chi connectivity index (χ3n) is 6.84. The minimum atomic E-state index is -0.545. The first-order chi connectivity index (χ1) is 19.7. The highest BCUT2D eigenvalue weighted by Crippen LogP contribution is 2.41. The lowest BCUT2D eigenvalue weighted by atomic mass is 9.93. The molecule has 0 atom stereocenters. The molecular weight excluding hydrogens is 516 g/mol. The molecule has 0 radical (unpaired) electrons. The molecule has 0 fully saturated rings. The maximum atomic E-state index is 12.7. The zero-order chi connectivity index (χ0) is 29.0. The number of hydrogen-bond acceptors (Lipinski definition) is 6. The van der Waals surface area contributed by atoms with E-state index in [-0.39, 0.29) is 6.09 Å². The Balaban J connectivity index is 1.30. The summed E-state index contributed by atoms with van der Waals surface area (Å²) in [4.78, 5) is 30.2.